The topological polar surface area (TPSA) is 271 Å². The number of aliphatic hydroxyl groups is 4. The fourth-order valence-corrected chi connectivity index (χ4v) is 6.92. The molecule has 0 spiro atoms. The number of carboxylic acid groups (broad SMARTS) is 1. The second kappa shape index (κ2) is 24.3. The highest BCUT2D eigenvalue weighted by molar-refractivity contribution is 7.92. The molecule has 0 bridgehead atoms. The molecule has 22 heteroatoms. The number of carbonyl (C=O) groups is 2. The molecule has 0 fully saturated rings. The van der Waals surface area contributed by atoms with Gasteiger partial charge in [-0.15, -0.1) is 0 Å². The molecule has 0 aliphatic heterocycles. The summed E-state index contributed by atoms with van der Waals surface area (Å²) in [6.07, 6.45) is 2.34. The van der Waals surface area contributed by atoms with Gasteiger partial charge >= 0.3 is 11.9 Å². The van der Waals surface area contributed by atoms with Crippen LogP contribution in [0.25, 0.3) is 34.7 Å². The lowest BCUT2D eigenvalue weighted by Crippen LogP contribution is -2.27. The van der Waals surface area contributed by atoms with E-state index in [1.165, 1.54) is 88.0 Å². The molecular weight excluding hydrogens is 919 g/mol. The minimum Gasteiger partial charge on any atom is -0.481 e. The first-order chi connectivity index (χ1) is 31.1. The molecular formula is C45H58F2N6O12S2. The summed E-state index contributed by atoms with van der Waals surface area (Å²) >= 11 is 0. The minimum atomic E-state index is -3.65. The van der Waals surface area contributed by atoms with E-state index in [2.05, 4.69) is 24.7 Å². The van der Waals surface area contributed by atoms with Gasteiger partial charge in [-0.05, 0) is 60.4 Å². The number of methoxy groups -OCH3 is 1. The fraction of sp³-hybridized carbons (Fsp3) is 0.422. The van der Waals surface area contributed by atoms with Crippen LogP contribution in [0.15, 0.2) is 60.7 Å². The summed E-state index contributed by atoms with van der Waals surface area (Å²) in [4.78, 5) is 39.8. The number of sulfonamides is 2. The minimum absolute atomic E-state index is 0.0447. The van der Waals surface area contributed by atoms with Gasteiger partial charge < -0.3 is 30.3 Å². The maximum Gasteiger partial charge on any atom is 0.308 e. The van der Waals surface area contributed by atoms with Crippen LogP contribution in [-0.2, 0) is 34.4 Å². The number of aliphatic hydroxyl groups excluding tert-OH is 4. The van der Waals surface area contributed by atoms with Gasteiger partial charge in [0, 0.05) is 49.2 Å². The lowest BCUT2D eigenvalue weighted by Gasteiger charge is -2.20. The molecule has 2 aromatic heterocycles. The van der Waals surface area contributed by atoms with Crippen molar-refractivity contribution < 1.29 is 65.5 Å². The van der Waals surface area contributed by atoms with E-state index in [9.17, 15) is 55.6 Å². The molecule has 4 atom stereocenters. The Balaban J connectivity index is 0.000000355. The number of hydrogen-bond acceptors (Lipinski definition) is 15. The molecule has 0 aliphatic rings. The number of carboxylic acids is 1. The Labute approximate surface area is 389 Å². The van der Waals surface area contributed by atoms with Crippen LogP contribution in [0.3, 0.4) is 0 Å². The average molecular weight is 977 g/mol. The van der Waals surface area contributed by atoms with Crippen molar-refractivity contribution in [3.63, 3.8) is 0 Å². The number of carbonyl (C=O) groups excluding carboxylic acids is 1. The van der Waals surface area contributed by atoms with Crippen molar-refractivity contribution in [2.24, 2.45) is 0 Å². The third-order valence-corrected chi connectivity index (χ3v) is 12.2. The molecule has 2 aromatic carbocycles. The van der Waals surface area contributed by atoms with Gasteiger partial charge in [0.15, 0.2) is 0 Å². The summed E-state index contributed by atoms with van der Waals surface area (Å²) in [6, 6.07) is 11.0. The second-order valence-electron chi connectivity index (χ2n) is 16.1. The Morgan fingerprint density at radius 2 is 0.985 bits per heavy atom. The molecule has 0 unspecified atom stereocenters. The van der Waals surface area contributed by atoms with E-state index in [1.54, 1.807) is 6.08 Å². The Morgan fingerprint density at radius 3 is 1.28 bits per heavy atom. The Kier molecular flexibility index (Phi) is 20.1. The third kappa shape index (κ3) is 16.8. The third-order valence-electron chi connectivity index (χ3n) is 9.85. The number of ether oxygens (including phenoxy) is 1. The summed E-state index contributed by atoms with van der Waals surface area (Å²) in [5.41, 5.74) is 3.69. The first-order valence-electron chi connectivity index (χ1n) is 20.7. The molecule has 4 rings (SSSR count). The molecule has 5 N–H and O–H groups in total. The van der Waals surface area contributed by atoms with E-state index in [0.29, 0.717) is 45.0 Å². The van der Waals surface area contributed by atoms with E-state index in [4.69, 9.17) is 5.11 Å². The smallest absolute Gasteiger partial charge is 0.308 e. The largest absolute Gasteiger partial charge is 0.481 e. The first-order valence-corrected chi connectivity index (χ1v) is 24.4. The number of aromatic nitrogens is 4. The van der Waals surface area contributed by atoms with Crippen LogP contribution < -0.4 is 8.61 Å². The van der Waals surface area contributed by atoms with E-state index >= 15 is 0 Å². The summed E-state index contributed by atoms with van der Waals surface area (Å²) in [7, 11) is -3.42. The van der Waals surface area contributed by atoms with E-state index in [1.807, 2.05) is 27.7 Å². The van der Waals surface area contributed by atoms with Crippen molar-refractivity contribution in [1.29, 1.82) is 0 Å². The number of nitrogens with zero attached hydrogens (tertiary/aromatic N) is 6. The van der Waals surface area contributed by atoms with E-state index in [0.717, 1.165) is 21.1 Å². The van der Waals surface area contributed by atoms with Crippen molar-refractivity contribution in [3.8, 4) is 22.5 Å². The van der Waals surface area contributed by atoms with Crippen LogP contribution in [0.1, 0.15) is 87.7 Å². The summed E-state index contributed by atoms with van der Waals surface area (Å²) < 4.78 is 81.8. The van der Waals surface area contributed by atoms with Gasteiger partial charge in [0.2, 0.25) is 31.9 Å². The van der Waals surface area contributed by atoms with Crippen molar-refractivity contribution in [1.82, 2.24) is 19.9 Å². The number of benzene rings is 2. The van der Waals surface area contributed by atoms with Gasteiger partial charge in [-0.1, -0.05) is 52.0 Å². The van der Waals surface area contributed by atoms with E-state index < -0.39 is 74.5 Å². The number of halogens is 2. The first kappa shape index (κ1) is 55.5. The number of aliphatic carboxylic acids is 1. The maximum atomic E-state index is 13.5. The summed E-state index contributed by atoms with van der Waals surface area (Å²) in [5, 5.41) is 49.1. The molecule has 4 aromatic rings. The molecule has 2 heterocycles. The predicted octanol–water partition coefficient (Wildman–Crippen LogP) is 4.89. The molecule has 0 radical (unpaired) electrons. The van der Waals surface area contributed by atoms with Crippen molar-refractivity contribution in [2.45, 2.75) is 89.6 Å². The molecule has 0 amide bonds. The van der Waals surface area contributed by atoms with Gasteiger partial charge in [0.1, 0.15) is 11.6 Å². The lowest BCUT2D eigenvalue weighted by molar-refractivity contribution is -0.143. The monoisotopic (exact) mass is 976 g/mol. The van der Waals surface area contributed by atoms with Crippen LogP contribution in [-0.4, -0.2) is 132 Å². The molecule has 0 aliphatic carbocycles. The summed E-state index contributed by atoms with van der Waals surface area (Å²) in [5.74, 6) is -3.11. The lowest BCUT2D eigenvalue weighted by atomic mass is 9.97. The predicted molar refractivity (Wildman–Crippen MR) is 250 cm³/mol. The van der Waals surface area contributed by atoms with Gasteiger partial charge in [-0.2, -0.15) is 0 Å². The number of hydrogen-bond donors (Lipinski definition) is 5. The molecule has 366 valence electrons. The van der Waals surface area contributed by atoms with Crippen LogP contribution in [0.5, 0.6) is 0 Å². The Hall–Kier alpha value is -5.78. The van der Waals surface area contributed by atoms with Crippen molar-refractivity contribution in [2.75, 3.05) is 42.3 Å². The fourth-order valence-electron chi connectivity index (χ4n) is 6.16. The van der Waals surface area contributed by atoms with Crippen molar-refractivity contribution in [3.05, 3.63) is 94.8 Å². The van der Waals surface area contributed by atoms with Crippen LogP contribution in [0.4, 0.5) is 20.7 Å². The van der Waals surface area contributed by atoms with E-state index in [-0.39, 0.29) is 43.0 Å². The van der Waals surface area contributed by atoms with Gasteiger partial charge in [0.05, 0.1) is 79.7 Å². The normalized spacial score (nSPS) is 13.9. The van der Waals surface area contributed by atoms with Gasteiger partial charge in [0.25, 0.3) is 0 Å². The number of anilines is 2. The van der Waals surface area contributed by atoms with Crippen LogP contribution >= 0.6 is 0 Å². The molecule has 0 saturated heterocycles. The van der Waals surface area contributed by atoms with Crippen LogP contribution in [0, 0.1) is 11.6 Å². The zero-order valence-electron chi connectivity index (χ0n) is 38.6. The van der Waals surface area contributed by atoms with Gasteiger partial charge in [-0.25, -0.2) is 54.2 Å². The standard InChI is InChI=1S/C23H30FN3O6S.C22H28FN3O6S/c1-14(2)21-19(11-10-17(28)12-18(29)13-20(30)33-4)22(15-6-8-16(24)9-7-15)26-23(25-21)27(3)34(5,31)32;1-13(2)20-18(10-9-16(27)11-17(28)12-19(29)30)21(14-5-7-15(23)8-6-14)25-22(24-20)26(3)33(4,31)32/h6-11,14,17-18,28-29H,12-13H2,1-5H3;5-10,13,16-17,27-28H,11-12H2,1-4H3,(H,29,30)/b11-10+;10-9+/t17-,18-;16-,17-/m11/s1. The second-order valence-corrected chi connectivity index (χ2v) is 20.2. The van der Waals surface area contributed by atoms with Gasteiger partial charge in [-0.3, -0.25) is 9.59 Å². The SMILES string of the molecule is CC(C)c1nc(N(C)S(C)(=O)=O)nc(-c2ccc(F)cc2)c1/C=C/[C@@H](O)C[C@@H](O)CC(=O)O.COC(=O)C[C@H](O)C[C@H](O)/C=C/c1c(-c2ccc(F)cc2)nc(N(C)S(C)(=O)=O)nc1C(C)C. The highest BCUT2D eigenvalue weighted by Crippen LogP contribution is 2.33. The molecule has 18 nitrogen and oxygen atoms in total. The number of esters is 1. The zero-order chi connectivity index (χ0) is 50.6. The quantitative estimate of drug-likeness (QED) is 0.0738. The maximum absolute atomic E-state index is 13.5. The number of rotatable bonds is 20. The highest BCUT2D eigenvalue weighted by Gasteiger charge is 2.25. The van der Waals surface area contributed by atoms with Crippen LogP contribution in [0.2, 0.25) is 0 Å². The molecule has 0 saturated carbocycles. The highest BCUT2D eigenvalue weighted by atomic mass is 32.2. The Morgan fingerprint density at radius 1 is 0.642 bits per heavy atom. The van der Waals surface area contributed by atoms with Crippen molar-refractivity contribution >= 4 is 56.0 Å². The average Bonchev–Trinajstić information content (AvgIpc) is 3.23. The summed E-state index contributed by atoms with van der Waals surface area (Å²) in [6.45, 7) is 7.44. The molecule has 67 heavy (non-hydrogen) atoms. The Bertz CT molecular complexity index is 2620. The zero-order valence-corrected chi connectivity index (χ0v) is 40.2.